The van der Waals surface area contributed by atoms with E-state index in [0.717, 1.165) is 12.1 Å². The predicted molar refractivity (Wildman–Crippen MR) is 57.4 cm³/mol. The highest BCUT2D eigenvalue weighted by molar-refractivity contribution is 5.96. The lowest BCUT2D eigenvalue weighted by molar-refractivity contribution is 0.614. The number of amidine groups is 1. The van der Waals surface area contributed by atoms with E-state index in [4.69, 9.17) is 11.1 Å². The van der Waals surface area contributed by atoms with Crippen LogP contribution in [0.3, 0.4) is 0 Å². The Morgan fingerprint density at radius 3 is 2.56 bits per heavy atom. The first kappa shape index (κ1) is 10.5. The average molecular weight is 221 g/mol. The lowest BCUT2D eigenvalue weighted by atomic mass is 10.1. The van der Waals surface area contributed by atoms with Crippen molar-refractivity contribution in [2.75, 3.05) is 0 Å². The van der Waals surface area contributed by atoms with Crippen LogP contribution in [-0.4, -0.2) is 10.8 Å². The van der Waals surface area contributed by atoms with Crippen LogP contribution >= 0.6 is 0 Å². The molecule has 82 valence electrons. The highest BCUT2D eigenvalue weighted by Crippen LogP contribution is 2.23. The Morgan fingerprint density at radius 2 is 1.94 bits per heavy atom. The largest absolute Gasteiger partial charge is 0.382 e. The fraction of sp³-hybridized carbons (Fsp3) is 0.0909. The van der Waals surface area contributed by atoms with E-state index in [1.165, 1.54) is 6.07 Å². The molecule has 2 aromatic rings. The number of nitrogens with zero attached hydrogens (tertiary/aromatic N) is 1. The number of hydrogen-bond donors (Lipinski definition) is 2. The van der Waals surface area contributed by atoms with Crippen molar-refractivity contribution in [2.45, 2.75) is 6.92 Å². The van der Waals surface area contributed by atoms with Gasteiger partial charge in [-0.25, -0.2) is 13.8 Å². The number of nitrogen functional groups attached to an aromatic ring is 1. The van der Waals surface area contributed by atoms with Gasteiger partial charge in [-0.15, -0.1) is 0 Å². The smallest absolute Gasteiger partial charge is 0.149 e. The molecular weight excluding hydrogens is 212 g/mol. The molecule has 1 aromatic heterocycles. The first-order chi connectivity index (χ1) is 7.50. The van der Waals surface area contributed by atoms with E-state index in [1.54, 1.807) is 6.92 Å². The molecule has 0 unspecified atom stereocenters. The Bertz CT molecular complexity index is 593. The first-order valence-corrected chi connectivity index (χ1v) is 4.60. The molecular formula is C11H9F2N3. The molecule has 0 bridgehead atoms. The number of pyridine rings is 1. The average Bonchev–Trinajstić information content (AvgIpc) is 2.22. The van der Waals surface area contributed by atoms with Crippen molar-refractivity contribution in [3.8, 4) is 0 Å². The summed E-state index contributed by atoms with van der Waals surface area (Å²) in [5.41, 5.74) is 5.83. The number of aromatic nitrogens is 1. The minimum absolute atomic E-state index is 0.0924. The van der Waals surface area contributed by atoms with Crippen LogP contribution in [-0.2, 0) is 0 Å². The summed E-state index contributed by atoms with van der Waals surface area (Å²) >= 11 is 0. The van der Waals surface area contributed by atoms with Gasteiger partial charge in [-0.2, -0.15) is 0 Å². The van der Waals surface area contributed by atoms with Crippen molar-refractivity contribution in [1.29, 1.82) is 5.41 Å². The second-order valence-corrected chi connectivity index (χ2v) is 3.49. The van der Waals surface area contributed by atoms with E-state index in [9.17, 15) is 8.78 Å². The van der Waals surface area contributed by atoms with E-state index in [1.807, 2.05) is 0 Å². The predicted octanol–water partition coefficient (Wildman–Crippen LogP) is 2.11. The van der Waals surface area contributed by atoms with E-state index in [2.05, 4.69) is 4.98 Å². The molecule has 0 atom stereocenters. The Hall–Kier alpha value is -2.04. The van der Waals surface area contributed by atoms with Gasteiger partial charge in [0.15, 0.2) is 0 Å². The summed E-state index contributed by atoms with van der Waals surface area (Å²) in [6.45, 7) is 1.62. The van der Waals surface area contributed by atoms with Crippen LogP contribution in [0, 0.1) is 24.0 Å². The number of nitrogens with two attached hydrogens (primary N) is 1. The maximum absolute atomic E-state index is 13.5. The molecule has 0 aliphatic rings. The Kier molecular flexibility index (Phi) is 2.30. The third-order valence-electron chi connectivity index (χ3n) is 2.33. The van der Waals surface area contributed by atoms with Gasteiger partial charge in [0.2, 0.25) is 0 Å². The van der Waals surface area contributed by atoms with Gasteiger partial charge in [-0.05, 0) is 30.7 Å². The number of fused-ring (bicyclic) bond motifs is 1. The molecule has 16 heavy (non-hydrogen) atoms. The van der Waals surface area contributed by atoms with E-state index >= 15 is 0 Å². The van der Waals surface area contributed by atoms with Crippen molar-refractivity contribution >= 4 is 16.7 Å². The van der Waals surface area contributed by atoms with Gasteiger partial charge in [-0.3, -0.25) is 5.41 Å². The number of aryl methyl sites for hydroxylation is 1. The maximum atomic E-state index is 13.5. The number of rotatable bonds is 1. The monoisotopic (exact) mass is 221 g/mol. The number of halogens is 2. The lowest BCUT2D eigenvalue weighted by Gasteiger charge is -2.06. The summed E-state index contributed by atoms with van der Waals surface area (Å²) < 4.78 is 26.9. The molecule has 3 nitrogen and oxygen atoms in total. The number of benzene rings is 1. The number of hydrogen-bond acceptors (Lipinski definition) is 2. The standard InChI is InChI=1S/C11H9F2N3/c1-5-4-8(11(14)15)16-10-7(13)3-2-6(12)9(5)10/h2-4H,1H3,(H3,14,15). The molecule has 3 N–H and O–H groups in total. The molecule has 0 amide bonds. The maximum Gasteiger partial charge on any atom is 0.149 e. The normalized spacial score (nSPS) is 10.7. The van der Waals surface area contributed by atoms with E-state index in [-0.39, 0.29) is 22.4 Å². The third-order valence-corrected chi connectivity index (χ3v) is 2.33. The summed E-state index contributed by atoms with van der Waals surface area (Å²) in [6, 6.07) is 3.53. The van der Waals surface area contributed by atoms with E-state index < -0.39 is 11.6 Å². The van der Waals surface area contributed by atoms with Gasteiger partial charge in [-0.1, -0.05) is 0 Å². The molecule has 0 spiro atoms. The van der Waals surface area contributed by atoms with Crippen LogP contribution in [0.1, 0.15) is 11.3 Å². The van der Waals surface area contributed by atoms with Crippen LogP contribution in [0.4, 0.5) is 8.78 Å². The summed E-state index contributed by atoms with van der Waals surface area (Å²) in [5, 5.41) is 7.36. The molecule has 0 aliphatic heterocycles. The fourth-order valence-electron chi connectivity index (χ4n) is 1.59. The highest BCUT2D eigenvalue weighted by atomic mass is 19.1. The molecule has 1 aromatic carbocycles. The summed E-state index contributed by atoms with van der Waals surface area (Å²) in [4.78, 5) is 3.83. The summed E-state index contributed by atoms with van der Waals surface area (Å²) in [7, 11) is 0. The van der Waals surface area contributed by atoms with Crippen molar-refractivity contribution in [2.24, 2.45) is 5.73 Å². The SMILES string of the molecule is Cc1cc(C(=N)N)nc2c(F)ccc(F)c12. The molecule has 0 fully saturated rings. The van der Waals surface area contributed by atoms with Crippen LogP contribution in [0.15, 0.2) is 18.2 Å². The minimum atomic E-state index is -0.623. The van der Waals surface area contributed by atoms with Crippen molar-refractivity contribution < 1.29 is 8.78 Å². The Labute approximate surface area is 90.4 Å². The molecule has 0 aliphatic carbocycles. The van der Waals surface area contributed by atoms with Gasteiger partial charge in [0, 0.05) is 5.39 Å². The fourth-order valence-corrected chi connectivity index (χ4v) is 1.59. The minimum Gasteiger partial charge on any atom is -0.382 e. The Balaban J connectivity index is 2.92. The van der Waals surface area contributed by atoms with Crippen LogP contribution in [0.2, 0.25) is 0 Å². The third kappa shape index (κ3) is 1.50. The summed E-state index contributed by atoms with van der Waals surface area (Å²) in [6.07, 6.45) is 0. The van der Waals surface area contributed by atoms with Gasteiger partial charge >= 0.3 is 0 Å². The van der Waals surface area contributed by atoms with Gasteiger partial charge in [0.25, 0.3) is 0 Å². The highest BCUT2D eigenvalue weighted by Gasteiger charge is 2.12. The van der Waals surface area contributed by atoms with Crippen molar-refractivity contribution in [3.63, 3.8) is 0 Å². The zero-order chi connectivity index (χ0) is 11.9. The zero-order valence-electron chi connectivity index (χ0n) is 8.51. The second kappa shape index (κ2) is 3.52. The molecule has 1 heterocycles. The number of nitrogens with one attached hydrogen (secondary N) is 1. The molecule has 2 rings (SSSR count). The molecule has 0 saturated carbocycles. The Morgan fingerprint density at radius 1 is 1.31 bits per heavy atom. The van der Waals surface area contributed by atoms with Crippen LogP contribution in [0.5, 0.6) is 0 Å². The molecule has 0 saturated heterocycles. The van der Waals surface area contributed by atoms with Crippen LogP contribution < -0.4 is 5.73 Å². The molecule has 0 radical (unpaired) electrons. The first-order valence-electron chi connectivity index (χ1n) is 4.60. The van der Waals surface area contributed by atoms with Crippen molar-refractivity contribution in [1.82, 2.24) is 4.98 Å². The lowest BCUT2D eigenvalue weighted by Crippen LogP contribution is -2.14. The van der Waals surface area contributed by atoms with Gasteiger partial charge < -0.3 is 5.73 Å². The quantitative estimate of drug-likeness (QED) is 0.572. The second-order valence-electron chi connectivity index (χ2n) is 3.49. The van der Waals surface area contributed by atoms with E-state index in [0.29, 0.717) is 5.56 Å². The summed E-state index contributed by atoms with van der Waals surface area (Å²) in [5.74, 6) is -1.42. The van der Waals surface area contributed by atoms with Crippen molar-refractivity contribution in [3.05, 3.63) is 41.1 Å². The van der Waals surface area contributed by atoms with Gasteiger partial charge in [0.1, 0.15) is 28.7 Å². The molecule has 5 heteroatoms. The zero-order valence-corrected chi connectivity index (χ0v) is 8.51. The van der Waals surface area contributed by atoms with Crippen LogP contribution in [0.25, 0.3) is 10.9 Å². The topological polar surface area (TPSA) is 62.8 Å². The van der Waals surface area contributed by atoms with Gasteiger partial charge in [0.05, 0.1) is 0 Å².